The van der Waals surface area contributed by atoms with Crippen molar-refractivity contribution in [2.45, 2.75) is 32.2 Å². The van der Waals surface area contributed by atoms with E-state index in [9.17, 15) is 12.8 Å². The summed E-state index contributed by atoms with van der Waals surface area (Å²) in [4.78, 5) is 12.1. The Labute approximate surface area is 226 Å². The highest BCUT2D eigenvalue weighted by molar-refractivity contribution is 7.93. The Kier molecular flexibility index (Phi) is 9.53. The van der Waals surface area contributed by atoms with E-state index in [0.717, 1.165) is 6.20 Å². The number of aliphatic imine (C=N–C) groups is 2. The van der Waals surface area contributed by atoms with Gasteiger partial charge in [0.05, 0.1) is 25.7 Å². The molecule has 39 heavy (non-hydrogen) atoms. The van der Waals surface area contributed by atoms with Crippen LogP contribution in [0.5, 0.6) is 5.88 Å². The molecule has 0 spiro atoms. The van der Waals surface area contributed by atoms with E-state index in [1.54, 1.807) is 37.4 Å². The van der Waals surface area contributed by atoms with Crippen molar-refractivity contribution >= 4 is 34.2 Å². The summed E-state index contributed by atoms with van der Waals surface area (Å²) in [5.74, 6) is -0.543. The van der Waals surface area contributed by atoms with Crippen molar-refractivity contribution in [1.29, 1.82) is 0 Å². The topological polar surface area (TPSA) is 154 Å². The largest absolute Gasteiger partial charge is 0.495 e. The number of dihydropyridines is 1. The van der Waals surface area contributed by atoms with Crippen LogP contribution in [0.2, 0.25) is 0 Å². The number of methoxy groups -OCH3 is 3. The van der Waals surface area contributed by atoms with Crippen LogP contribution in [0, 0.1) is 5.92 Å². The molecular formula is C24H31FN8O5S. The second-order valence-electron chi connectivity index (χ2n) is 8.32. The molecule has 0 bridgehead atoms. The molecule has 13 nitrogen and oxygen atoms in total. The first-order valence-corrected chi connectivity index (χ1v) is 13.2. The molecule has 15 heteroatoms. The lowest BCUT2D eigenvalue weighted by molar-refractivity contribution is 0.122. The zero-order valence-electron chi connectivity index (χ0n) is 22.4. The first-order valence-electron chi connectivity index (χ1n) is 11.7. The summed E-state index contributed by atoms with van der Waals surface area (Å²) in [6.45, 7) is 7.70. The van der Waals surface area contributed by atoms with Gasteiger partial charge in [0.2, 0.25) is 21.9 Å². The van der Waals surface area contributed by atoms with Crippen molar-refractivity contribution in [3.63, 3.8) is 0 Å². The smallest absolute Gasteiger partial charge is 0.243 e. The van der Waals surface area contributed by atoms with Crippen LogP contribution in [0.15, 0.2) is 58.2 Å². The first kappa shape index (κ1) is 29.4. The lowest BCUT2D eigenvalue weighted by Crippen LogP contribution is -2.37. The monoisotopic (exact) mass is 562 g/mol. The molecule has 1 aliphatic rings. The summed E-state index contributed by atoms with van der Waals surface area (Å²) in [6.07, 6.45) is 3.47. The maximum absolute atomic E-state index is 13.5. The van der Waals surface area contributed by atoms with Crippen LogP contribution in [-0.2, 0) is 19.5 Å². The van der Waals surface area contributed by atoms with Gasteiger partial charge in [-0.25, -0.2) is 27.8 Å². The maximum Gasteiger partial charge on any atom is 0.243 e. The van der Waals surface area contributed by atoms with Gasteiger partial charge in [0.25, 0.3) is 0 Å². The summed E-state index contributed by atoms with van der Waals surface area (Å²) in [5, 5.41) is 10.3. The van der Waals surface area contributed by atoms with Crippen LogP contribution >= 0.6 is 0 Å². The minimum atomic E-state index is -4.14. The van der Waals surface area contributed by atoms with Crippen LogP contribution in [0.4, 0.5) is 10.3 Å². The molecule has 3 atom stereocenters. The third-order valence-electron chi connectivity index (χ3n) is 5.88. The molecule has 210 valence electrons. The molecule has 0 amide bonds. The zero-order valence-corrected chi connectivity index (χ0v) is 23.2. The predicted octanol–water partition coefficient (Wildman–Crippen LogP) is 2.95. The highest BCUT2D eigenvalue weighted by atomic mass is 32.2. The number of ether oxygens (including phenoxy) is 3. The fraction of sp³-hybridized carbons (Fsp3) is 0.375. The summed E-state index contributed by atoms with van der Waals surface area (Å²) >= 11 is 0. The number of halogens is 1. The lowest BCUT2D eigenvalue weighted by Gasteiger charge is -2.27. The van der Waals surface area contributed by atoms with E-state index < -0.39 is 33.2 Å². The van der Waals surface area contributed by atoms with Crippen LogP contribution < -0.4 is 14.8 Å². The van der Waals surface area contributed by atoms with Crippen molar-refractivity contribution in [2.75, 3.05) is 26.1 Å². The molecule has 0 aromatic carbocycles. The highest BCUT2D eigenvalue weighted by Crippen LogP contribution is 2.32. The van der Waals surface area contributed by atoms with E-state index in [-0.39, 0.29) is 17.6 Å². The quantitative estimate of drug-likeness (QED) is 0.311. The number of aromatic nitrogens is 4. The van der Waals surface area contributed by atoms with Crippen molar-refractivity contribution in [2.24, 2.45) is 15.9 Å². The van der Waals surface area contributed by atoms with E-state index >= 15 is 0 Å². The molecule has 3 heterocycles. The average Bonchev–Trinajstić information content (AvgIpc) is 3.34. The van der Waals surface area contributed by atoms with Gasteiger partial charge in [0.1, 0.15) is 28.8 Å². The van der Waals surface area contributed by atoms with Crippen molar-refractivity contribution < 1.29 is 27.0 Å². The minimum Gasteiger partial charge on any atom is -0.495 e. The van der Waals surface area contributed by atoms with E-state index in [4.69, 9.17) is 14.2 Å². The Morgan fingerprint density at radius 1 is 1.26 bits per heavy atom. The normalized spacial score (nSPS) is 17.9. The van der Waals surface area contributed by atoms with E-state index in [1.807, 2.05) is 0 Å². The molecule has 2 aromatic heterocycles. The number of sulfonamides is 1. The number of nitrogens with zero attached hydrogens (tertiary/aromatic N) is 6. The highest BCUT2D eigenvalue weighted by Gasteiger charge is 2.34. The summed E-state index contributed by atoms with van der Waals surface area (Å²) in [7, 11) is 0.275. The molecule has 3 rings (SSSR count). The number of pyridine rings is 1. The minimum absolute atomic E-state index is 0.0538. The van der Waals surface area contributed by atoms with Gasteiger partial charge in [0.15, 0.2) is 12.1 Å². The maximum atomic E-state index is 13.5. The second-order valence-corrected chi connectivity index (χ2v) is 10.4. The predicted molar refractivity (Wildman–Crippen MR) is 146 cm³/mol. The molecule has 2 aromatic rings. The van der Waals surface area contributed by atoms with Gasteiger partial charge >= 0.3 is 0 Å². The molecule has 0 radical (unpaired) electrons. The number of hydrogen-bond donors (Lipinski definition) is 2. The number of rotatable bonds is 11. The van der Waals surface area contributed by atoms with Crippen molar-refractivity contribution in [1.82, 2.24) is 25.1 Å². The average molecular weight is 563 g/mol. The lowest BCUT2D eigenvalue weighted by atomic mass is 10.1. The second kappa shape index (κ2) is 12.6. The summed E-state index contributed by atoms with van der Waals surface area (Å²) in [5.41, 5.74) is 0.712. The van der Waals surface area contributed by atoms with Gasteiger partial charge in [-0.3, -0.25) is 9.29 Å². The Balaban J connectivity index is 2.16. The van der Waals surface area contributed by atoms with Crippen LogP contribution in [-0.4, -0.2) is 73.5 Å². The first-order chi connectivity index (χ1) is 18.6. The van der Waals surface area contributed by atoms with Gasteiger partial charge in [-0.1, -0.05) is 13.0 Å². The van der Waals surface area contributed by atoms with Crippen LogP contribution in [0.1, 0.15) is 20.8 Å². The number of amidine groups is 1. The van der Waals surface area contributed by atoms with Gasteiger partial charge < -0.3 is 19.5 Å². The molecule has 1 aliphatic heterocycles. The number of allylic oxidation sites excluding steroid dienone is 2. The van der Waals surface area contributed by atoms with Gasteiger partial charge in [-0.15, -0.1) is 10.2 Å². The summed E-state index contributed by atoms with van der Waals surface area (Å²) < 4.78 is 60.6. The van der Waals surface area contributed by atoms with E-state index in [2.05, 4.69) is 41.9 Å². The van der Waals surface area contributed by atoms with Crippen LogP contribution in [0.3, 0.4) is 0 Å². The van der Waals surface area contributed by atoms with E-state index in [0.29, 0.717) is 23.0 Å². The standard InChI is InChI=1S/C24H31FN8O5S/c1-14(25)13-28-21(26-4)15(2)16(3)39(34,35)32-24-31-30-22(17-9-8-10-19(29-17)37-6)33(24)20-18(36-5)11-12-27-23(20)38-7/h8-13,15-16,23,27H,4H2,1-3,5-7H3,(H,31,32)/b14-13+,28-21?/t15-,16-,23?/m0/s1. The Hall–Kier alpha value is -4.11. The SMILES string of the molecule is C=NC(=N/C=C(\C)F)[C@@H](C)[C@H](C)S(=O)(=O)Nc1nnc(-c2cccc(OC)n2)n1C1=C(OC)C=CNC1OC. The molecule has 1 unspecified atom stereocenters. The third kappa shape index (κ3) is 6.49. The van der Waals surface area contributed by atoms with Gasteiger partial charge in [-0.2, -0.15) is 0 Å². The number of anilines is 1. The third-order valence-corrected chi connectivity index (χ3v) is 7.73. The van der Waals surface area contributed by atoms with Crippen LogP contribution in [0.25, 0.3) is 17.2 Å². The number of nitrogens with one attached hydrogen (secondary N) is 2. The fourth-order valence-corrected chi connectivity index (χ4v) is 4.87. The van der Waals surface area contributed by atoms with Crippen molar-refractivity contribution in [3.05, 3.63) is 48.3 Å². The summed E-state index contributed by atoms with van der Waals surface area (Å²) in [6, 6.07) is 5.04. The molecule has 0 saturated heterocycles. The molecule has 2 N–H and O–H groups in total. The molecule has 0 saturated carbocycles. The molecule has 0 fully saturated rings. The molecule has 0 aliphatic carbocycles. The Morgan fingerprint density at radius 2 is 2.00 bits per heavy atom. The zero-order chi connectivity index (χ0) is 28.7. The Bertz CT molecular complexity index is 1430. The Morgan fingerprint density at radius 3 is 2.62 bits per heavy atom. The number of hydrogen-bond acceptors (Lipinski definition) is 10. The molecular weight excluding hydrogens is 531 g/mol. The van der Waals surface area contributed by atoms with E-state index in [1.165, 1.54) is 39.7 Å². The van der Waals surface area contributed by atoms with Crippen molar-refractivity contribution in [3.8, 4) is 17.4 Å². The van der Waals surface area contributed by atoms with Gasteiger partial charge in [-0.05, 0) is 32.7 Å². The fourth-order valence-electron chi connectivity index (χ4n) is 3.64. The van der Waals surface area contributed by atoms with Gasteiger partial charge in [0, 0.05) is 25.3 Å².